The van der Waals surface area contributed by atoms with Gasteiger partial charge in [-0.25, -0.2) is 0 Å². The quantitative estimate of drug-likeness (QED) is 0.283. The van der Waals surface area contributed by atoms with Gasteiger partial charge < -0.3 is 4.74 Å². The topological polar surface area (TPSA) is 26.3 Å². The summed E-state index contributed by atoms with van der Waals surface area (Å²) in [5.74, 6) is 4.66. The smallest absolute Gasteiger partial charge is 0.321 e. The lowest BCUT2D eigenvalue weighted by Gasteiger charge is -2.73. The van der Waals surface area contributed by atoms with Crippen LogP contribution in [-0.4, -0.2) is 18.0 Å². The van der Waals surface area contributed by atoms with Gasteiger partial charge in [-0.1, -0.05) is 55.4 Å². The molecule has 5 aliphatic rings. The van der Waals surface area contributed by atoms with Crippen molar-refractivity contribution in [2.24, 2.45) is 62.6 Å². The molecular formula is C32H53ClO2. The van der Waals surface area contributed by atoms with E-state index in [9.17, 15) is 4.79 Å². The Morgan fingerprint density at radius 2 is 1.54 bits per heavy atom. The molecule has 0 aliphatic heterocycles. The van der Waals surface area contributed by atoms with Crippen molar-refractivity contribution >= 4 is 17.6 Å². The van der Waals surface area contributed by atoms with Crippen molar-refractivity contribution < 1.29 is 9.53 Å². The lowest BCUT2D eigenvalue weighted by molar-refractivity contribution is -0.250. The average molecular weight is 505 g/mol. The van der Waals surface area contributed by atoms with Crippen molar-refractivity contribution in [3.63, 3.8) is 0 Å². The maximum Gasteiger partial charge on any atom is 0.321 e. The fraction of sp³-hybridized carbons (Fsp3) is 0.969. The second-order valence-electron chi connectivity index (χ2n) is 15.8. The van der Waals surface area contributed by atoms with Gasteiger partial charge in [0.1, 0.15) is 12.0 Å². The van der Waals surface area contributed by atoms with E-state index in [4.69, 9.17) is 16.3 Å². The average Bonchev–Trinajstić information content (AvgIpc) is 3.14. The van der Waals surface area contributed by atoms with Crippen molar-refractivity contribution in [3.05, 3.63) is 0 Å². The van der Waals surface area contributed by atoms with Crippen molar-refractivity contribution in [1.29, 1.82) is 0 Å². The summed E-state index contributed by atoms with van der Waals surface area (Å²) in [5, 5.41) is 0. The molecule has 5 aliphatic carbocycles. The molecule has 5 rings (SSSR count). The predicted molar refractivity (Wildman–Crippen MR) is 145 cm³/mol. The Hall–Kier alpha value is -0.240. The lowest BCUT2D eigenvalue weighted by Crippen LogP contribution is -2.66. The Bertz CT molecular complexity index is 851. The van der Waals surface area contributed by atoms with Gasteiger partial charge in [0.2, 0.25) is 0 Å². The maximum atomic E-state index is 12.1. The molecule has 35 heavy (non-hydrogen) atoms. The van der Waals surface area contributed by atoms with Crippen molar-refractivity contribution in [1.82, 2.24) is 0 Å². The zero-order valence-corrected chi connectivity index (χ0v) is 24.8. The highest BCUT2D eigenvalue weighted by Crippen LogP contribution is 2.77. The number of ether oxygens (including phenoxy) is 1. The summed E-state index contributed by atoms with van der Waals surface area (Å²) in [7, 11) is 0. The highest BCUT2D eigenvalue weighted by atomic mass is 35.5. The standard InChI is InChI=1S/C32H53ClO2/c1-20(2)21-11-14-29(5)17-18-31(7)22(27(21)29)9-10-24-30(6)15-13-25(35-26(34)19-33)28(3,4)23(30)12-16-32(24,31)8/h20-25,27H,9-19H2,1-8H3/t21-,22+,23-,24+,25-,27+,29+,30+,31+,32-/m0/s1. The molecule has 5 saturated carbocycles. The second-order valence-corrected chi connectivity index (χ2v) is 16.0. The summed E-state index contributed by atoms with van der Waals surface area (Å²) in [4.78, 5) is 12.1. The van der Waals surface area contributed by atoms with Crippen molar-refractivity contribution in [2.45, 2.75) is 126 Å². The van der Waals surface area contributed by atoms with E-state index in [-0.39, 0.29) is 23.4 Å². The molecule has 0 amide bonds. The van der Waals surface area contributed by atoms with Gasteiger partial charge in [0.25, 0.3) is 0 Å². The summed E-state index contributed by atoms with van der Waals surface area (Å²) in [6, 6.07) is 0. The Balaban J connectivity index is 1.47. The first-order valence-corrected chi connectivity index (χ1v) is 15.5. The van der Waals surface area contributed by atoms with Gasteiger partial charge in [-0.3, -0.25) is 4.79 Å². The molecule has 0 saturated heterocycles. The van der Waals surface area contributed by atoms with Crippen LogP contribution in [0.5, 0.6) is 0 Å². The number of hydrogen-bond acceptors (Lipinski definition) is 2. The van der Waals surface area contributed by atoms with Crippen LogP contribution < -0.4 is 0 Å². The molecule has 0 aromatic carbocycles. The van der Waals surface area contributed by atoms with E-state index in [1.807, 2.05) is 0 Å². The third kappa shape index (κ3) is 3.49. The number of carbonyl (C=O) groups excluding carboxylic acids is 1. The number of rotatable bonds is 3. The molecule has 3 heteroatoms. The molecule has 0 heterocycles. The maximum absolute atomic E-state index is 12.1. The second kappa shape index (κ2) is 8.38. The zero-order chi connectivity index (χ0) is 25.6. The van der Waals surface area contributed by atoms with E-state index >= 15 is 0 Å². The van der Waals surface area contributed by atoms with Crippen LogP contribution in [0.2, 0.25) is 0 Å². The highest BCUT2D eigenvalue weighted by Gasteiger charge is 2.70. The van der Waals surface area contributed by atoms with Gasteiger partial charge in [0.05, 0.1) is 0 Å². The van der Waals surface area contributed by atoms with Crippen LogP contribution in [0.25, 0.3) is 0 Å². The first-order chi connectivity index (χ1) is 16.2. The SMILES string of the molecule is CC(C)[C@@H]1CC[C@]2(C)CC[C@]3(C)[C@H](CC[C@@H]4[C@]5(C)CC[C@H](OC(=O)CCl)C(C)(C)[C@@H]5CC[C@@]43C)[C@@H]12. The zero-order valence-electron chi connectivity index (χ0n) is 24.0. The fourth-order valence-corrected chi connectivity index (χ4v) is 12.2. The third-order valence-corrected chi connectivity index (χ3v) is 14.3. The Morgan fingerprint density at radius 1 is 0.829 bits per heavy atom. The minimum Gasteiger partial charge on any atom is -0.461 e. The number of alkyl halides is 1. The number of hydrogen-bond donors (Lipinski definition) is 0. The molecule has 0 N–H and O–H groups in total. The summed E-state index contributed by atoms with van der Waals surface area (Å²) in [5.41, 5.74) is 1.80. The summed E-state index contributed by atoms with van der Waals surface area (Å²) in [6.45, 7) is 20.6. The van der Waals surface area contributed by atoms with Crippen LogP contribution in [-0.2, 0) is 9.53 Å². The molecule has 10 atom stereocenters. The van der Waals surface area contributed by atoms with Gasteiger partial charge >= 0.3 is 5.97 Å². The van der Waals surface area contributed by atoms with E-state index in [1.54, 1.807) is 0 Å². The van der Waals surface area contributed by atoms with Gasteiger partial charge in [0, 0.05) is 5.41 Å². The van der Waals surface area contributed by atoms with E-state index in [0.717, 1.165) is 36.0 Å². The highest BCUT2D eigenvalue weighted by molar-refractivity contribution is 6.26. The van der Waals surface area contributed by atoms with Gasteiger partial charge in [-0.05, 0) is 121 Å². The number of esters is 1. The number of fused-ring (bicyclic) bond motifs is 7. The molecule has 0 unspecified atom stereocenters. The number of halogens is 1. The molecule has 2 nitrogen and oxygen atoms in total. The van der Waals surface area contributed by atoms with Gasteiger partial charge in [-0.15, -0.1) is 11.6 Å². The van der Waals surface area contributed by atoms with Crippen LogP contribution in [0.4, 0.5) is 0 Å². The van der Waals surface area contributed by atoms with Crippen LogP contribution >= 0.6 is 11.6 Å². The Labute approximate surface area is 221 Å². The van der Waals surface area contributed by atoms with Crippen LogP contribution in [0.1, 0.15) is 120 Å². The summed E-state index contributed by atoms with van der Waals surface area (Å²) >= 11 is 5.82. The fourth-order valence-electron chi connectivity index (χ4n) is 12.1. The summed E-state index contributed by atoms with van der Waals surface area (Å²) < 4.78 is 5.94. The minimum absolute atomic E-state index is 0.00350. The van der Waals surface area contributed by atoms with E-state index < -0.39 is 0 Å². The van der Waals surface area contributed by atoms with Crippen LogP contribution in [0.3, 0.4) is 0 Å². The summed E-state index contributed by atoms with van der Waals surface area (Å²) in [6.07, 6.45) is 13.5. The monoisotopic (exact) mass is 504 g/mol. The molecular weight excluding hydrogens is 452 g/mol. The Morgan fingerprint density at radius 3 is 2.20 bits per heavy atom. The van der Waals surface area contributed by atoms with Crippen LogP contribution in [0, 0.1) is 62.6 Å². The normalized spacial score (nSPS) is 52.7. The molecule has 5 fully saturated rings. The van der Waals surface area contributed by atoms with Crippen molar-refractivity contribution in [2.75, 3.05) is 5.88 Å². The van der Waals surface area contributed by atoms with Crippen molar-refractivity contribution in [3.8, 4) is 0 Å². The third-order valence-electron chi connectivity index (χ3n) is 14.1. The molecule has 0 radical (unpaired) electrons. The lowest BCUT2D eigenvalue weighted by atomic mass is 9.32. The largest absolute Gasteiger partial charge is 0.461 e. The molecule has 0 aromatic rings. The Kier molecular flexibility index (Phi) is 6.31. The first kappa shape index (κ1) is 26.4. The molecule has 0 bridgehead atoms. The van der Waals surface area contributed by atoms with Crippen LogP contribution in [0.15, 0.2) is 0 Å². The van der Waals surface area contributed by atoms with Gasteiger partial charge in [-0.2, -0.15) is 0 Å². The molecule has 0 spiro atoms. The van der Waals surface area contributed by atoms with E-state index in [0.29, 0.717) is 27.6 Å². The minimum atomic E-state index is -0.247. The van der Waals surface area contributed by atoms with E-state index in [2.05, 4.69) is 55.4 Å². The first-order valence-electron chi connectivity index (χ1n) is 15.0. The molecule has 200 valence electrons. The van der Waals surface area contributed by atoms with E-state index in [1.165, 1.54) is 57.8 Å². The number of carbonyl (C=O) groups is 1. The van der Waals surface area contributed by atoms with Gasteiger partial charge in [0.15, 0.2) is 0 Å². The predicted octanol–water partition coefficient (Wildman–Crippen LogP) is 8.89. The molecule has 0 aromatic heterocycles.